The van der Waals surface area contributed by atoms with E-state index in [0.717, 1.165) is 10.6 Å². The highest BCUT2D eigenvalue weighted by molar-refractivity contribution is 7.92. The quantitative estimate of drug-likeness (QED) is 0.688. The van der Waals surface area contributed by atoms with Gasteiger partial charge in [0.05, 0.1) is 24.1 Å². The summed E-state index contributed by atoms with van der Waals surface area (Å²) in [6.45, 7) is 3.46. The van der Waals surface area contributed by atoms with E-state index in [1.165, 1.54) is 31.2 Å². The van der Waals surface area contributed by atoms with Crippen LogP contribution in [0.15, 0.2) is 48.5 Å². The first-order valence-electron chi connectivity index (χ1n) is 8.46. The summed E-state index contributed by atoms with van der Waals surface area (Å²) in [5, 5.41) is 3.10. The highest BCUT2D eigenvalue weighted by Crippen LogP contribution is 2.23. The standard InChI is InChI=1S/C19H21ClN2O5S/c1-4-27-19(24)14-5-9-16(10-6-14)21-18(23)13(2)22(28(3,25)26)17-11-7-15(20)8-12-17/h5-13H,4H2,1-3H3,(H,21,23). The Kier molecular flexibility index (Phi) is 7.04. The molecule has 0 aromatic heterocycles. The molecular formula is C19H21ClN2O5S. The fourth-order valence-corrected chi connectivity index (χ4v) is 3.85. The van der Waals surface area contributed by atoms with E-state index < -0.39 is 27.9 Å². The Morgan fingerprint density at radius 2 is 1.68 bits per heavy atom. The van der Waals surface area contributed by atoms with Gasteiger partial charge in [-0.15, -0.1) is 0 Å². The van der Waals surface area contributed by atoms with E-state index in [1.807, 2.05) is 0 Å². The van der Waals surface area contributed by atoms with Crippen LogP contribution in [0.4, 0.5) is 11.4 Å². The number of carbonyl (C=O) groups excluding carboxylic acids is 2. The van der Waals surface area contributed by atoms with Crippen LogP contribution >= 0.6 is 11.6 Å². The second kappa shape index (κ2) is 9.07. The van der Waals surface area contributed by atoms with Crippen molar-refractivity contribution in [2.45, 2.75) is 19.9 Å². The van der Waals surface area contributed by atoms with E-state index in [4.69, 9.17) is 16.3 Å². The lowest BCUT2D eigenvalue weighted by atomic mass is 10.2. The first-order chi connectivity index (χ1) is 13.1. The van der Waals surface area contributed by atoms with E-state index in [0.29, 0.717) is 22.0 Å². The molecule has 1 unspecified atom stereocenters. The van der Waals surface area contributed by atoms with Gasteiger partial charge >= 0.3 is 5.97 Å². The summed E-state index contributed by atoms with van der Waals surface area (Å²) in [5.41, 5.74) is 1.11. The SMILES string of the molecule is CCOC(=O)c1ccc(NC(=O)C(C)N(c2ccc(Cl)cc2)S(C)(=O)=O)cc1. The Labute approximate surface area is 169 Å². The Balaban J connectivity index is 2.19. The van der Waals surface area contributed by atoms with Crippen molar-refractivity contribution in [1.82, 2.24) is 0 Å². The van der Waals surface area contributed by atoms with Gasteiger partial charge in [-0.05, 0) is 62.4 Å². The van der Waals surface area contributed by atoms with Crippen molar-refractivity contribution >= 4 is 44.9 Å². The molecule has 0 fully saturated rings. The maximum Gasteiger partial charge on any atom is 0.338 e. The molecule has 7 nitrogen and oxygen atoms in total. The summed E-state index contributed by atoms with van der Waals surface area (Å²) in [6, 6.07) is 11.3. The first-order valence-corrected chi connectivity index (χ1v) is 10.7. The first kappa shape index (κ1) is 21.7. The van der Waals surface area contributed by atoms with Gasteiger partial charge in [-0.2, -0.15) is 0 Å². The number of amides is 1. The lowest BCUT2D eigenvalue weighted by Gasteiger charge is -2.28. The van der Waals surface area contributed by atoms with Crippen LogP contribution in [-0.4, -0.2) is 39.2 Å². The molecule has 0 bridgehead atoms. The predicted molar refractivity (Wildman–Crippen MR) is 109 cm³/mol. The van der Waals surface area contributed by atoms with E-state index in [9.17, 15) is 18.0 Å². The maximum absolute atomic E-state index is 12.6. The number of esters is 1. The van der Waals surface area contributed by atoms with Crippen molar-refractivity contribution in [1.29, 1.82) is 0 Å². The fourth-order valence-electron chi connectivity index (χ4n) is 2.55. The van der Waals surface area contributed by atoms with Crippen LogP contribution < -0.4 is 9.62 Å². The van der Waals surface area contributed by atoms with Gasteiger partial charge < -0.3 is 10.1 Å². The van der Waals surface area contributed by atoms with E-state index >= 15 is 0 Å². The van der Waals surface area contributed by atoms with E-state index in [1.54, 1.807) is 31.2 Å². The third kappa shape index (κ3) is 5.46. The molecule has 0 radical (unpaired) electrons. The number of hydrogen-bond acceptors (Lipinski definition) is 5. The minimum Gasteiger partial charge on any atom is -0.462 e. The number of anilines is 2. The minimum atomic E-state index is -3.72. The molecule has 0 heterocycles. The molecule has 150 valence electrons. The molecule has 0 aliphatic rings. The number of nitrogens with zero attached hydrogens (tertiary/aromatic N) is 1. The summed E-state index contributed by atoms with van der Waals surface area (Å²) in [6.07, 6.45) is 1.03. The van der Waals surface area contributed by atoms with Crippen LogP contribution in [0.25, 0.3) is 0 Å². The van der Waals surface area contributed by atoms with Crippen LogP contribution in [0.3, 0.4) is 0 Å². The molecule has 2 aromatic rings. The largest absolute Gasteiger partial charge is 0.462 e. The predicted octanol–water partition coefficient (Wildman–Crippen LogP) is 3.31. The summed E-state index contributed by atoms with van der Waals surface area (Å²) >= 11 is 5.85. The number of ether oxygens (including phenoxy) is 1. The van der Waals surface area contributed by atoms with Crippen LogP contribution in [0.5, 0.6) is 0 Å². The average molecular weight is 425 g/mol. The second-order valence-electron chi connectivity index (χ2n) is 6.00. The lowest BCUT2D eigenvalue weighted by Crippen LogP contribution is -2.45. The molecule has 0 saturated heterocycles. The van der Waals surface area contributed by atoms with Gasteiger partial charge in [0.25, 0.3) is 0 Å². The Hall–Kier alpha value is -2.58. The van der Waals surface area contributed by atoms with Gasteiger partial charge in [-0.25, -0.2) is 13.2 Å². The molecular weight excluding hydrogens is 404 g/mol. The van der Waals surface area contributed by atoms with Crippen molar-refractivity contribution in [3.63, 3.8) is 0 Å². The number of hydrogen-bond donors (Lipinski definition) is 1. The molecule has 1 amide bonds. The van der Waals surface area contributed by atoms with Gasteiger partial charge in [0.2, 0.25) is 15.9 Å². The van der Waals surface area contributed by atoms with Gasteiger partial charge in [0.15, 0.2) is 0 Å². The van der Waals surface area contributed by atoms with Gasteiger partial charge in [-0.1, -0.05) is 11.6 Å². The Bertz CT molecular complexity index is 943. The number of sulfonamides is 1. The van der Waals surface area contributed by atoms with Gasteiger partial charge in [0, 0.05) is 10.7 Å². The molecule has 0 spiro atoms. The van der Waals surface area contributed by atoms with Crippen molar-refractivity contribution in [2.24, 2.45) is 0 Å². The topological polar surface area (TPSA) is 92.8 Å². The summed E-state index contributed by atoms with van der Waals surface area (Å²) < 4.78 is 30.4. The number of halogens is 1. The molecule has 0 aliphatic heterocycles. The number of rotatable bonds is 7. The van der Waals surface area contributed by atoms with Crippen LogP contribution in [-0.2, 0) is 19.6 Å². The number of nitrogens with one attached hydrogen (secondary N) is 1. The molecule has 0 aliphatic carbocycles. The monoisotopic (exact) mass is 424 g/mol. The second-order valence-corrected chi connectivity index (χ2v) is 8.29. The van der Waals surface area contributed by atoms with Crippen LogP contribution in [0.1, 0.15) is 24.2 Å². The zero-order chi connectivity index (χ0) is 20.9. The number of carbonyl (C=O) groups is 2. The molecule has 2 aromatic carbocycles. The minimum absolute atomic E-state index is 0.265. The lowest BCUT2D eigenvalue weighted by molar-refractivity contribution is -0.116. The highest BCUT2D eigenvalue weighted by Gasteiger charge is 2.29. The summed E-state index contributed by atoms with van der Waals surface area (Å²) in [4.78, 5) is 24.3. The highest BCUT2D eigenvalue weighted by atomic mass is 35.5. The zero-order valence-electron chi connectivity index (χ0n) is 15.7. The smallest absolute Gasteiger partial charge is 0.338 e. The molecule has 2 rings (SSSR count). The van der Waals surface area contributed by atoms with Crippen molar-refractivity contribution in [3.05, 3.63) is 59.1 Å². The normalized spacial score (nSPS) is 12.1. The third-order valence-electron chi connectivity index (χ3n) is 3.83. The van der Waals surface area contributed by atoms with Gasteiger partial charge in [-0.3, -0.25) is 9.10 Å². The molecule has 9 heteroatoms. The Morgan fingerprint density at radius 3 is 2.18 bits per heavy atom. The van der Waals surface area contributed by atoms with E-state index in [2.05, 4.69) is 5.32 Å². The maximum atomic E-state index is 12.6. The van der Waals surface area contributed by atoms with E-state index in [-0.39, 0.29) is 6.61 Å². The van der Waals surface area contributed by atoms with Crippen molar-refractivity contribution in [3.8, 4) is 0 Å². The molecule has 0 saturated carbocycles. The van der Waals surface area contributed by atoms with Crippen LogP contribution in [0, 0.1) is 0 Å². The molecule has 28 heavy (non-hydrogen) atoms. The van der Waals surface area contributed by atoms with Gasteiger partial charge in [0.1, 0.15) is 6.04 Å². The van der Waals surface area contributed by atoms with Crippen molar-refractivity contribution < 1.29 is 22.7 Å². The molecule has 1 atom stereocenters. The molecule has 1 N–H and O–H groups in total. The fraction of sp³-hybridized carbons (Fsp3) is 0.263. The summed E-state index contributed by atoms with van der Waals surface area (Å²) in [7, 11) is -3.72. The zero-order valence-corrected chi connectivity index (χ0v) is 17.3. The van der Waals surface area contributed by atoms with Crippen LogP contribution in [0.2, 0.25) is 5.02 Å². The third-order valence-corrected chi connectivity index (χ3v) is 5.33. The summed E-state index contributed by atoms with van der Waals surface area (Å²) in [5.74, 6) is -0.982. The average Bonchev–Trinajstić information content (AvgIpc) is 2.63. The Morgan fingerprint density at radius 1 is 1.11 bits per heavy atom. The van der Waals surface area contributed by atoms with Crippen molar-refractivity contribution in [2.75, 3.05) is 22.5 Å². The number of benzene rings is 2.